The molecule has 0 aromatic rings. The van der Waals surface area contributed by atoms with Gasteiger partial charge in [-0.2, -0.15) is 0 Å². The highest BCUT2D eigenvalue weighted by Gasteiger charge is 2.31. The summed E-state index contributed by atoms with van der Waals surface area (Å²) in [6.45, 7) is 18.2. The number of ketones is 1. The number of Topliss-reactive ketones (excluding diaryl/α,β-unsaturated/α-hetero) is 1. The zero-order valence-corrected chi connectivity index (χ0v) is 22.4. The van der Waals surface area contributed by atoms with Crippen molar-refractivity contribution in [2.45, 2.75) is 84.5 Å². The summed E-state index contributed by atoms with van der Waals surface area (Å²) >= 11 is 0. The first kappa shape index (κ1) is 28.4. The van der Waals surface area contributed by atoms with E-state index in [1.807, 2.05) is 46.4 Å². The molecule has 0 bridgehead atoms. The third kappa shape index (κ3) is 10.2. The van der Waals surface area contributed by atoms with E-state index in [1.54, 1.807) is 0 Å². The highest BCUT2D eigenvalue weighted by atomic mass is 16.6. The molecule has 2 amide bonds. The monoisotopic (exact) mass is 482 g/mol. The number of piperidine rings is 2. The van der Waals surface area contributed by atoms with Gasteiger partial charge in [-0.05, 0) is 67.9 Å². The van der Waals surface area contributed by atoms with Crippen LogP contribution in [-0.2, 0) is 14.3 Å². The molecule has 1 atom stereocenters. The fourth-order valence-electron chi connectivity index (χ4n) is 4.25. The zero-order chi connectivity index (χ0) is 25.5. The molecule has 3 fully saturated rings. The first-order valence-corrected chi connectivity index (χ1v) is 12.6. The normalized spacial score (nSPS) is 23.1. The summed E-state index contributed by atoms with van der Waals surface area (Å²) in [4.78, 5) is 43.0. The lowest BCUT2D eigenvalue weighted by atomic mass is 10.0. The largest absolute Gasteiger partial charge is 0.444 e. The van der Waals surface area contributed by atoms with E-state index >= 15 is 0 Å². The summed E-state index contributed by atoms with van der Waals surface area (Å²) in [7, 11) is 2.17. The molecule has 0 radical (unpaired) electrons. The van der Waals surface area contributed by atoms with Crippen LogP contribution >= 0.6 is 0 Å². The number of hydrogen-bond acceptors (Lipinski definition) is 7. The van der Waals surface area contributed by atoms with E-state index in [2.05, 4.69) is 16.8 Å². The van der Waals surface area contributed by atoms with Gasteiger partial charge in [-0.3, -0.25) is 9.69 Å². The molecule has 0 saturated carbocycles. The summed E-state index contributed by atoms with van der Waals surface area (Å²) in [6.07, 6.45) is 3.07. The molecule has 9 nitrogen and oxygen atoms in total. The Morgan fingerprint density at radius 1 is 0.794 bits per heavy atom. The van der Waals surface area contributed by atoms with Crippen LogP contribution in [0, 0.1) is 0 Å². The molecule has 0 spiro atoms. The molecule has 3 saturated heterocycles. The second-order valence-electron chi connectivity index (χ2n) is 11.6. The first-order valence-electron chi connectivity index (χ1n) is 12.6. The summed E-state index contributed by atoms with van der Waals surface area (Å²) < 4.78 is 10.7. The van der Waals surface area contributed by atoms with Gasteiger partial charge in [-0.15, -0.1) is 0 Å². The third-order valence-corrected chi connectivity index (χ3v) is 6.01. The van der Waals surface area contributed by atoms with Gasteiger partial charge in [0.15, 0.2) is 5.78 Å². The quantitative estimate of drug-likeness (QED) is 0.567. The second-order valence-corrected chi connectivity index (χ2v) is 11.6. The molecule has 1 unspecified atom stereocenters. The average Bonchev–Trinajstić information content (AvgIpc) is 2.72. The minimum absolute atomic E-state index is 0.113. The van der Waals surface area contributed by atoms with E-state index in [4.69, 9.17) is 9.47 Å². The molecule has 3 heterocycles. The van der Waals surface area contributed by atoms with Crippen molar-refractivity contribution in [1.82, 2.24) is 19.6 Å². The Hall–Kier alpha value is -1.87. The topological polar surface area (TPSA) is 82.6 Å². The molecule has 0 aromatic heterocycles. The number of likely N-dealkylation sites (N-methyl/N-ethyl adjacent to an activating group) is 1. The summed E-state index contributed by atoms with van der Waals surface area (Å²) in [5, 5.41) is 0. The Bertz CT molecular complexity index is 692. The molecule has 196 valence electrons. The average molecular weight is 483 g/mol. The third-order valence-electron chi connectivity index (χ3n) is 6.01. The Morgan fingerprint density at radius 3 is 1.85 bits per heavy atom. The summed E-state index contributed by atoms with van der Waals surface area (Å²) in [6, 6.07) is 0.505. The number of amides is 2. The number of carbonyl (C=O) groups is 3. The van der Waals surface area contributed by atoms with Crippen LogP contribution < -0.4 is 0 Å². The van der Waals surface area contributed by atoms with Crippen molar-refractivity contribution < 1.29 is 23.9 Å². The van der Waals surface area contributed by atoms with Crippen molar-refractivity contribution in [3.8, 4) is 0 Å². The van der Waals surface area contributed by atoms with Gasteiger partial charge in [-0.1, -0.05) is 0 Å². The SMILES string of the molecule is CC(C)(C)OC(=O)N1CCCC(=O)C1.CN1CCN(C2CCCN(C(=O)OC(C)(C)C)C2)CC1. The lowest BCUT2D eigenvalue weighted by molar-refractivity contribution is -0.122. The Balaban J connectivity index is 0.000000257. The maximum atomic E-state index is 12.2. The number of nitrogens with zero attached hydrogens (tertiary/aromatic N) is 4. The minimum Gasteiger partial charge on any atom is -0.444 e. The molecule has 9 heteroatoms. The fraction of sp³-hybridized carbons (Fsp3) is 0.880. The molecule has 0 N–H and O–H groups in total. The van der Waals surface area contributed by atoms with Gasteiger partial charge < -0.3 is 24.2 Å². The van der Waals surface area contributed by atoms with Crippen molar-refractivity contribution in [1.29, 1.82) is 0 Å². The van der Waals surface area contributed by atoms with Crippen molar-refractivity contribution in [2.75, 3.05) is 59.4 Å². The lowest BCUT2D eigenvalue weighted by Gasteiger charge is -2.42. The Kier molecular flexibility index (Phi) is 10.2. The zero-order valence-electron chi connectivity index (χ0n) is 22.4. The molecule has 3 aliphatic heterocycles. The fourth-order valence-corrected chi connectivity index (χ4v) is 4.25. The highest BCUT2D eigenvalue weighted by molar-refractivity contribution is 5.85. The summed E-state index contributed by atoms with van der Waals surface area (Å²) in [5.74, 6) is 0.113. The number of hydrogen-bond donors (Lipinski definition) is 0. The van der Waals surface area contributed by atoms with E-state index in [0.29, 0.717) is 19.0 Å². The smallest absolute Gasteiger partial charge is 0.410 e. The van der Waals surface area contributed by atoms with Gasteiger partial charge in [0.05, 0.1) is 6.54 Å². The van der Waals surface area contributed by atoms with Gasteiger partial charge in [0.2, 0.25) is 0 Å². The Morgan fingerprint density at radius 2 is 1.32 bits per heavy atom. The molecular formula is C25H46N4O5. The van der Waals surface area contributed by atoms with E-state index in [9.17, 15) is 14.4 Å². The second kappa shape index (κ2) is 12.2. The van der Waals surface area contributed by atoms with E-state index in [-0.39, 0.29) is 24.5 Å². The first-order chi connectivity index (χ1) is 15.7. The number of rotatable bonds is 1. The van der Waals surface area contributed by atoms with Crippen LogP contribution in [0.2, 0.25) is 0 Å². The van der Waals surface area contributed by atoms with Crippen LogP contribution in [0.25, 0.3) is 0 Å². The number of carbonyl (C=O) groups excluding carboxylic acids is 3. The molecule has 0 aromatic carbocycles. The molecule has 34 heavy (non-hydrogen) atoms. The minimum atomic E-state index is -0.489. The van der Waals surface area contributed by atoms with Crippen molar-refractivity contribution in [3.63, 3.8) is 0 Å². The molecular weight excluding hydrogens is 436 g/mol. The van der Waals surface area contributed by atoms with E-state index in [0.717, 1.165) is 52.1 Å². The number of piperazine rings is 1. The Labute approximate surface area is 205 Å². The van der Waals surface area contributed by atoms with Crippen molar-refractivity contribution in [2.24, 2.45) is 0 Å². The van der Waals surface area contributed by atoms with Gasteiger partial charge in [-0.25, -0.2) is 9.59 Å². The predicted octanol–water partition coefficient (Wildman–Crippen LogP) is 3.22. The van der Waals surface area contributed by atoms with Crippen LogP contribution in [0.1, 0.15) is 67.2 Å². The van der Waals surface area contributed by atoms with Gasteiger partial charge >= 0.3 is 12.2 Å². The number of likely N-dealkylation sites (tertiary alicyclic amines) is 2. The van der Waals surface area contributed by atoms with Crippen LogP contribution in [0.15, 0.2) is 0 Å². The lowest BCUT2D eigenvalue weighted by Crippen LogP contribution is -2.55. The maximum Gasteiger partial charge on any atom is 0.410 e. The van der Waals surface area contributed by atoms with Crippen molar-refractivity contribution in [3.05, 3.63) is 0 Å². The maximum absolute atomic E-state index is 12.2. The van der Waals surface area contributed by atoms with Crippen LogP contribution in [0.5, 0.6) is 0 Å². The van der Waals surface area contributed by atoms with Gasteiger partial charge in [0.1, 0.15) is 11.2 Å². The van der Waals surface area contributed by atoms with Crippen molar-refractivity contribution >= 4 is 18.0 Å². The molecule has 0 aliphatic carbocycles. The van der Waals surface area contributed by atoms with E-state index in [1.165, 1.54) is 11.3 Å². The summed E-state index contributed by atoms with van der Waals surface area (Å²) in [5.41, 5.74) is -0.893. The molecule has 3 rings (SSSR count). The predicted molar refractivity (Wildman–Crippen MR) is 132 cm³/mol. The van der Waals surface area contributed by atoms with Gasteiger partial charge in [0.25, 0.3) is 0 Å². The number of ether oxygens (including phenoxy) is 2. The highest BCUT2D eigenvalue weighted by Crippen LogP contribution is 2.20. The van der Waals surface area contributed by atoms with Crippen LogP contribution in [0.3, 0.4) is 0 Å². The molecule has 3 aliphatic rings. The van der Waals surface area contributed by atoms with Crippen LogP contribution in [-0.4, -0.2) is 114 Å². The standard InChI is InChI=1S/C15H29N3O2.C10H17NO3/c1-15(2,3)20-14(19)18-7-5-6-13(12-18)17-10-8-16(4)9-11-17;1-10(2,3)14-9(13)11-6-4-5-8(12)7-11/h13H,5-12H2,1-4H3;4-7H2,1-3H3. The van der Waals surface area contributed by atoms with Gasteiger partial charge in [0, 0.05) is 58.3 Å². The van der Waals surface area contributed by atoms with E-state index < -0.39 is 11.2 Å². The van der Waals surface area contributed by atoms with Crippen LogP contribution in [0.4, 0.5) is 9.59 Å².